The van der Waals surface area contributed by atoms with Crippen LogP contribution in [0.15, 0.2) is 30.3 Å². The molecule has 3 N–H and O–H groups in total. The molecule has 0 fully saturated rings. The molecule has 0 radical (unpaired) electrons. The van der Waals surface area contributed by atoms with E-state index in [0.717, 1.165) is 11.4 Å². The van der Waals surface area contributed by atoms with E-state index < -0.39 is 0 Å². The van der Waals surface area contributed by atoms with E-state index in [0.29, 0.717) is 18.1 Å². The zero-order valence-electron chi connectivity index (χ0n) is 11.5. The average molecular weight is 271 g/mol. The number of carbonyl (C=O) groups is 1. The van der Waals surface area contributed by atoms with Gasteiger partial charge in [-0.2, -0.15) is 5.10 Å². The normalized spacial score (nSPS) is 10.9. The third kappa shape index (κ3) is 3.68. The minimum atomic E-state index is -0.116. The number of likely N-dealkylation sites (N-methyl/N-ethyl adjacent to an activating group) is 1. The Morgan fingerprint density at radius 1 is 1.50 bits per heavy atom. The molecule has 0 aliphatic rings. The number of aromatic amines is 1. The van der Waals surface area contributed by atoms with Gasteiger partial charge < -0.3 is 10.6 Å². The minimum absolute atomic E-state index is 0.116. The maximum absolute atomic E-state index is 12.0. The molecule has 1 heterocycles. The molecule has 1 amide bonds. The number of nitrogens with two attached hydrogens (primary N) is 1. The van der Waals surface area contributed by atoms with Gasteiger partial charge in [0.15, 0.2) is 5.82 Å². The summed E-state index contributed by atoms with van der Waals surface area (Å²) in [6, 6.07) is 7.34. The number of hydrogen-bond donors (Lipinski definition) is 2. The monoisotopic (exact) mass is 271 g/mol. The van der Waals surface area contributed by atoms with Crippen LogP contribution < -0.4 is 5.73 Å². The Bertz CT molecular complexity index is 632. The highest BCUT2D eigenvalue weighted by Crippen LogP contribution is 2.08. The molecule has 0 saturated heterocycles. The molecule has 0 atom stereocenters. The van der Waals surface area contributed by atoms with Crippen LogP contribution in [0.25, 0.3) is 6.08 Å². The summed E-state index contributed by atoms with van der Waals surface area (Å²) in [5.41, 5.74) is 7.24. The van der Waals surface area contributed by atoms with Crippen LogP contribution in [0.1, 0.15) is 17.2 Å². The molecule has 1 aromatic carbocycles. The highest BCUT2D eigenvalue weighted by Gasteiger charge is 2.08. The van der Waals surface area contributed by atoms with Crippen molar-refractivity contribution in [1.29, 1.82) is 0 Å². The van der Waals surface area contributed by atoms with Crippen LogP contribution in [0.4, 0.5) is 5.69 Å². The summed E-state index contributed by atoms with van der Waals surface area (Å²) in [5.74, 6) is 1.21. The quantitative estimate of drug-likeness (QED) is 0.649. The number of amides is 1. The van der Waals surface area contributed by atoms with E-state index in [9.17, 15) is 4.79 Å². The van der Waals surface area contributed by atoms with Crippen molar-refractivity contribution >= 4 is 17.7 Å². The zero-order valence-corrected chi connectivity index (χ0v) is 11.5. The Kier molecular flexibility index (Phi) is 4.14. The Hall–Kier alpha value is -2.63. The molecular formula is C14H17N5O. The first-order chi connectivity index (χ1) is 9.54. The van der Waals surface area contributed by atoms with E-state index in [-0.39, 0.29) is 5.91 Å². The van der Waals surface area contributed by atoms with Gasteiger partial charge in [0, 0.05) is 18.8 Å². The molecule has 0 aliphatic heterocycles. The molecule has 0 spiro atoms. The van der Waals surface area contributed by atoms with Crippen molar-refractivity contribution in [1.82, 2.24) is 20.1 Å². The standard InChI is InChI=1S/C14H17N5O/c1-10-16-13(18-17-10)9-19(2)14(20)7-6-11-4-3-5-12(15)8-11/h3-8H,9,15H2,1-2H3,(H,16,17,18)/b7-6+. The van der Waals surface area contributed by atoms with Crippen LogP contribution in [0.5, 0.6) is 0 Å². The van der Waals surface area contributed by atoms with E-state index >= 15 is 0 Å². The number of anilines is 1. The van der Waals surface area contributed by atoms with Gasteiger partial charge in [0.1, 0.15) is 5.82 Å². The number of nitrogens with one attached hydrogen (secondary N) is 1. The van der Waals surface area contributed by atoms with Crippen molar-refractivity contribution in [2.45, 2.75) is 13.5 Å². The van der Waals surface area contributed by atoms with Crippen LogP contribution in [-0.4, -0.2) is 33.0 Å². The lowest BCUT2D eigenvalue weighted by molar-refractivity contribution is -0.125. The fourth-order valence-electron chi connectivity index (χ4n) is 1.71. The summed E-state index contributed by atoms with van der Waals surface area (Å²) in [6.45, 7) is 2.18. The molecule has 6 heteroatoms. The third-order valence-electron chi connectivity index (χ3n) is 2.73. The zero-order chi connectivity index (χ0) is 14.5. The second kappa shape index (κ2) is 6.01. The summed E-state index contributed by atoms with van der Waals surface area (Å²) in [7, 11) is 1.71. The number of H-pyrrole nitrogens is 1. The molecule has 0 unspecified atom stereocenters. The van der Waals surface area contributed by atoms with Gasteiger partial charge in [0.05, 0.1) is 6.54 Å². The summed E-state index contributed by atoms with van der Waals surface area (Å²) >= 11 is 0. The number of hydrogen-bond acceptors (Lipinski definition) is 4. The number of nitrogen functional groups attached to an aromatic ring is 1. The Morgan fingerprint density at radius 2 is 2.30 bits per heavy atom. The van der Waals surface area contributed by atoms with Crippen molar-refractivity contribution in [3.05, 3.63) is 47.6 Å². The number of benzene rings is 1. The lowest BCUT2D eigenvalue weighted by Crippen LogP contribution is -2.24. The molecule has 2 aromatic rings. The van der Waals surface area contributed by atoms with Gasteiger partial charge in [0.2, 0.25) is 5.91 Å². The first kappa shape index (κ1) is 13.8. The van der Waals surface area contributed by atoms with Crippen LogP contribution in [0, 0.1) is 6.92 Å². The van der Waals surface area contributed by atoms with Gasteiger partial charge in [-0.15, -0.1) is 0 Å². The van der Waals surface area contributed by atoms with Crippen molar-refractivity contribution in [3.63, 3.8) is 0 Å². The van der Waals surface area contributed by atoms with Crippen molar-refractivity contribution < 1.29 is 4.79 Å². The molecule has 0 saturated carbocycles. The summed E-state index contributed by atoms with van der Waals surface area (Å²) in [5, 5.41) is 6.74. The lowest BCUT2D eigenvalue weighted by Gasteiger charge is -2.12. The number of carbonyl (C=O) groups excluding carboxylic acids is 1. The fourth-order valence-corrected chi connectivity index (χ4v) is 1.71. The maximum Gasteiger partial charge on any atom is 0.246 e. The summed E-state index contributed by atoms with van der Waals surface area (Å²) in [4.78, 5) is 17.7. The van der Waals surface area contributed by atoms with Crippen molar-refractivity contribution in [2.75, 3.05) is 12.8 Å². The second-order valence-corrected chi connectivity index (χ2v) is 4.53. The van der Waals surface area contributed by atoms with Crippen molar-refractivity contribution in [2.24, 2.45) is 0 Å². The molecule has 6 nitrogen and oxygen atoms in total. The number of aromatic nitrogens is 3. The van der Waals surface area contributed by atoms with Gasteiger partial charge in [-0.1, -0.05) is 12.1 Å². The number of aryl methyl sites for hydroxylation is 1. The first-order valence-corrected chi connectivity index (χ1v) is 6.21. The van der Waals surface area contributed by atoms with Crippen molar-refractivity contribution in [3.8, 4) is 0 Å². The average Bonchev–Trinajstić information content (AvgIpc) is 2.81. The van der Waals surface area contributed by atoms with E-state index in [1.165, 1.54) is 6.08 Å². The van der Waals surface area contributed by atoms with E-state index in [4.69, 9.17) is 5.73 Å². The molecule has 20 heavy (non-hydrogen) atoms. The Labute approximate surface area is 117 Å². The lowest BCUT2D eigenvalue weighted by atomic mass is 10.2. The first-order valence-electron chi connectivity index (χ1n) is 6.21. The van der Waals surface area contributed by atoms with E-state index in [1.807, 2.05) is 25.1 Å². The maximum atomic E-state index is 12.0. The molecule has 0 aliphatic carbocycles. The van der Waals surface area contributed by atoms with Crippen LogP contribution >= 0.6 is 0 Å². The second-order valence-electron chi connectivity index (χ2n) is 4.53. The molecule has 2 rings (SSSR count). The molecule has 0 bridgehead atoms. The molecular weight excluding hydrogens is 254 g/mol. The van der Waals surface area contributed by atoms with Gasteiger partial charge in [0.25, 0.3) is 0 Å². The van der Waals surface area contributed by atoms with E-state index in [2.05, 4.69) is 15.2 Å². The molecule has 104 valence electrons. The summed E-state index contributed by atoms with van der Waals surface area (Å²) in [6.07, 6.45) is 3.24. The Balaban J connectivity index is 1.97. The largest absolute Gasteiger partial charge is 0.399 e. The van der Waals surface area contributed by atoms with Gasteiger partial charge in [-0.25, -0.2) is 4.98 Å². The number of nitrogens with zero attached hydrogens (tertiary/aromatic N) is 3. The van der Waals surface area contributed by atoms with E-state index in [1.54, 1.807) is 24.1 Å². The predicted molar refractivity (Wildman–Crippen MR) is 77.5 cm³/mol. The Morgan fingerprint density at radius 3 is 2.95 bits per heavy atom. The van der Waals surface area contributed by atoms with Crippen LogP contribution in [0.2, 0.25) is 0 Å². The highest BCUT2D eigenvalue weighted by molar-refractivity contribution is 5.91. The topological polar surface area (TPSA) is 87.9 Å². The third-order valence-corrected chi connectivity index (χ3v) is 2.73. The predicted octanol–water partition coefficient (Wildman–Crippen LogP) is 1.37. The molecule has 1 aromatic heterocycles. The van der Waals surface area contributed by atoms with Gasteiger partial charge >= 0.3 is 0 Å². The van der Waals surface area contributed by atoms with Gasteiger partial charge in [-0.05, 0) is 30.7 Å². The minimum Gasteiger partial charge on any atom is -0.399 e. The SMILES string of the molecule is Cc1nc(CN(C)C(=O)/C=C/c2cccc(N)c2)n[nH]1. The number of rotatable bonds is 4. The smallest absolute Gasteiger partial charge is 0.246 e. The highest BCUT2D eigenvalue weighted by atomic mass is 16.2. The van der Waals surface area contributed by atoms with Crippen LogP contribution in [-0.2, 0) is 11.3 Å². The summed E-state index contributed by atoms with van der Waals surface area (Å²) < 4.78 is 0. The van der Waals surface area contributed by atoms with Gasteiger partial charge in [-0.3, -0.25) is 9.89 Å². The fraction of sp³-hybridized carbons (Fsp3) is 0.214. The van der Waals surface area contributed by atoms with Crippen LogP contribution in [0.3, 0.4) is 0 Å².